The largest absolute Gasteiger partial charge is 0.279 e. The molecule has 2 rings (SSSR count). The molecular formula is C18H29N5O2S. The third kappa shape index (κ3) is 5.62. The Hall–Kier alpha value is -1.77. The summed E-state index contributed by atoms with van der Waals surface area (Å²) in [5.74, 6) is 0. The average Bonchev–Trinajstić information content (AvgIpc) is 3.16. The molecule has 0 amide bonds. The second kappa shape index (κ2) is 9.80. The molecule has 7 nitrogen and oxygen atoms in total. The highest BCUT2D eigenvalue weighted by Crippen LogP contribution is 2.17. The van der Waals surface area contributed by atoms with Gasteiger partial charge in [-0.05, 0) is 37.5 Å². The fraction of sp³-hybridized carbons (Fsp3) is 0.556. The van der Waals surface area contributed by atoms with Crippen molar-refractivity contribution in [3.8, 4) is 5.69 Å². The smallest absolute Gasteiger partial charge is 0.223 e. The molecule has 0 spiro atoms. The van der Waals surface area contributed by atoms with Crippen LogP contribution in [0.3, 0.4) is 0 Å². The van der Waals surface area contributed by atoms with Crippen LogP contribution in [0.25, 0.3) is 5.69 Å². The van der Waals surface area contributed by atoms with E-state index in [9.17, 15) is 8.42 Å². The number of nitrogens with zero attached hydrogens (tertiary/aromatic N) is 4. The molecule has 1 unspecified atom stereocenters. The molecule has 1 heterocycles. The Morgan fingerprint density at radius 1 is 1.12 bits per heavy atom. The van der Waals surface area contributed by atoms with Gasteiger partial charge in [-0.1, -0.05) is 38.8 Å². The Balaban J connectivity index is 2.06. The van der Waals surface area contributed by atoms with Crippen molar-refractivity contribution in [1.29, 1.82) is 0 Å². The Morgan fingerprint density at radius 2 is 1.73 bits per heavy atom. The van der Waals surface area contributed by atoms with E-state index in [4.69, 9.17) is 0 Å². The summed E-state index contributed by atoms with van der Waals surface area (Å²) in [6.07, 6.45) is 6.78. The first-order valence-corrected chi connectivity index (χ1v) is 10.6. The summed E-state index contributed by atoms with van der Waals surface area (Å²) in [7, 11) is -3.51. The summed E-state index contributed by atoms with van der Waals surface area (Å²) >= 11 is 0. The van der Waals surface area contributed by atoms with Crippen molar-refractivity contribution in [2.45, 2.75) is 52.5 Å². The van der Waals surface area contributed by atoms with E-state index in [2.05, 4.69) is 28.7 Å². The molecule has 0 saturated heterocycles. The van der Waals surface area contributed by atoms with Gasteiger partial charge in [0.2, 0.25) is 0 Å². The highest BCUT2D eigenvalue weighted by Gasteiger charge is 2.23. The van der Waals surface area contributed by atoms with Crippen molar-refractivity contribution in [1.82, 2.24) is 23.8 Å². The van der Waals surface area contributed by atoms with Crippen molar-refractivity contribution in [3.05, 3.63) is 42.5 Å². The van der Waals surface area contributed by atoms with E-state index in [1.807, 2.05) is 31.2 Å². The molecule has 144 valence electrons. The summed E-state index contributed by atoms with van der Waals surface area (Å²) in [6, 6.07) is 7.32. The van der Waals surface area contributed by atoms with Gasteiger partial charge in [0.15, 0.2) is 0 Å². The first-order chi connectivity index (χ1) is 12.5. The van der Waals surface area contributed by atoms with Gasteiger partial charge in [-0.15, -0.1) is 0 Å². The molecule has 0 saturated carbocycles. The van der Waals surface area contributed by atoms with Crippen LogP contribution < -0.4 is 4.72 Å². The Morgan fingerprint density at radius 3 is 2.23 bits per heavy atom. The van der Waals surface area contributed by atoms with Crippen LogP contribution in [0, 0.1) is 0 Å². The highest BCUT2D eigenvalue weighted by atomic mass is 32.2. The third-order valence-electron chi connectivity index (χ3n) is 4.26. The lowest BCUT2D eigenvalue weighted by Crippen LogP contribution is -2.42. The van der Waals surface area contributed by atoms with Gasteiger partial charge < -0.3 is 0 Å². The van der Waals surface area contributed by atoms with Gasteiger partial charge in [0.25, 0.3) is 10.2 Å². The van der Waals surface area contributed by atoms with E-state index in [1.165, 1.54) is 6.33 Å². The van der Waals surface area contributed by atoms with E-state index < -0.39 is 10.2 Å². The Bertz CT molecular complexity index is 736. The lowest BCUT2D eigenvalue weighted by Gasteiger charge is -2.24. The topological polar surface area (TPSA) is 80.1 Å². The molecular weight excluding hydrogens is 350 g/mol. The fourth-order valence-corrected chi connectivity index (χ4v) is 4.12. The summed E-state index contributed by atoms with van der Waals surface area (Å²) in [4.78, 5) is 3.93. The van der Waals surface area contributed by atoms with Gasteiger partial charge >= 0.3 is 0 Å². The first kappa shape index (κ1) is 20.5. The second-order valence-electron chi connectivity index (χ2n) is 6.38. The summed E-state index contributed by atoms with van der Waals surface area (Å²) < 4.78 is 31.6. The number of benzene rings is 1. The molecule has 0 radical (unpaired) electrons. The zero-order valence-electron chi connectivity index (χ0n) is 15.8. The molecule has 26 heavy (non-hydrogen) atoms. The Kier molecular flexibility index (Phi) is 7.74. The van der Waals surface area contributed by atoms with Crippen molar-refractivity contribution in [3.63, 3.8) is 0 Å². The number of hydrogen-bond donors (Lipinski definition) is 1. The molecule has 8 heteroatoms. The minimum absolute atomic E-state index is 0.310. The van der Waals surface area contributed by atoms with E-state index in [-0.39, 0.29) is 6.04 Å². The number of rotatable bonds is 11. The zero-order chi connectivity index (χ0) is 19.0. The SMILES string of the molecule is CCCCN(CCCC)S(=O)(=O)NC(C)c1ccc(-n2cncn2)cc1. The van der Waals surface area contributed by atoms with Crippen LogP contribution in [0.4, 0.5) is 0 Å². The average molecular weight is 380 g/mol. The van der Waals surface area contributed by atoms with E-state index in [1.54, 1.807) is 15.3 Å². The van der Waals surface area contributed by atoms with Crippen LogP contribution in [0.1, 0.15) is 58.1 Å². The molecule has 2 aromatic rings. The predicted octanol–water partition coefficient (Wildman–Crippen LogP) is 3.06. The van der Waals surface area contributed by atoms with Crippen molar-refractivity contribution in [2.24, 2.45) is 0 Å². The van der Waals surface area contributed by atoms with E-state index in [0.29, 0.717) is 13.1 Å². The predicted molar refractivity (Wildman–Crippen MR) is 103 cm³/mol. The number of aromatic nitrogens is 3. The van der Waals surface area contributed by atoms with Crippen LogP contribution in [0.2, 0.25) is 0 Å². The monoisotopic (exact) mass is 379 g/mol. The molecule has 0 fully saturated rings. The molecule has 1 atom stereocenters. The molecule has 0 aliphatic heterocycles. The van der Waals surface area contributed by atoms with Gasteiger partial charge in [-0.3, -0.25) is 0 Å². The standard InChI is InChI=1S/C18H29N5O2S/c1-4-6-12-22(13-7-5-2)26(24,25)21-16(3)17-8-10-18(11-9-17)23-15-19-14-20-23/h8-11,14-16,21H,4-7,12-13H2,1-3H3. The van der Waals surface area contributed by atoms with Crippen LogP contribution in [-0.2, 0) is 10.2 Å². The normalized spacial score (nSPS) is 13.2. The van der Waals surface area contributed by atoms with Gasteiger partial charge in [0.1, 0.15) is 12.7 Å². The molecule has 1 N–H and O–H groups in total. The minimum atomic E-state index is -3.51. The van der Waals surface area contributed by atoms with Gasteiger partial charge in [-0.25, -0.2) is 9.67 Å². The highest BCUT2D eigenvalue weighted by molar-refractivity contribution is 7.87. The van der Waals surface area contributed by atoms with Gasteiger partial charge in [0.05, 0.1) is 5.69 Å². The molecule has 0 aliphatic rings. The second-order valence-corrected chi connectivity index (χ2v) is 8.08. The lowest BCUT2D eigenvalue weighted by molar-refractivity contribution is 0.384. The van der Waals surface area contributed by atoms with E-state index >= 15 is 0 Å². The maximum atomic E-state index is 12.8. The van der Waals surface area contributed by atoms with Crippen LogP contribution in [0.15, 0.2) is 36.9 Å². The van der Waals surface area contributed by atoms with Crippen molar-refractivity contribution in [2.75, 3.05) is 13.1 Å². The van der Waals surface area contributed by atoms with Crippen LogP contribution in [-0.4, -0.2) is 40.6 Å². The lowest BCUT2D eigenvalue weighted by atomic mass is 10.1. The maximum Gasteiger partial charge on any atom is 0.279 e. The quantitative estimate of drug-likeness (QED) is 0.651. The number of hydrogen-bond acceptors (Lipinski definition) is 4. The molecule has 1 aromatic heterocycles. The van der Waals surface area contributed by atoms with Crippen molar-refractivity contribution < 1.29 is 8.42 Å². The number of unbranched alkanes of at least 4 members (excludes halogenated alkanes) is 2. The maximum absolute atomic E-state index is 12.8. The summed E-state index contributed by atoms with van der Waals surface area (Å²) in [6.45, 7) is 7.11. The van der Waals surface area contributed by atoms with Crippen molar-refractivity contribution >= 4 is 10.2 Å². The molecule has 0 bridgehead atoms. The first-order valence-electron chi connectivity index (χ1n) is 9.20. The molecule has 0 aliphatic carbocycles. The third-order valence-corrected chi connectivity index (χ3v) is 5.96. The van der Waals surface area contributed by atoms with Gasteiger partial charge in [-0.2, -0.15) is 22.5 Å². The Labute approximate surface area is 156 Å². The number of nitrogens with one attached hydrogen (secondary N) is 1. The van der Waals surface area contributed by atoms with Crippen LogP contribution >= 0.6 is 0 Å². The zero-order valence-corrected chi connectivity index (χ0v) is 16.6. The van der Waals surface area contributed by atoms with Crippen LogP contribution in [0.5, 0.6) is 0 Å². The molecule has 1 aromatic carbocycles. The fourth-order valence-electron chi connectivity index (χ4n) is 2.64. The van der Waals surface area contributed by atoms with Gasteiger partial charge in [0, 0.05) is 19.1 Å². The summed E-state index contributed by atoms with van der Waals surface area (Å²) in [5, 5.41) is 4.09. The minimum Gasteiger partial charge on any atom is -0.223 e. The van der Waals surface area contributed by atoms with E-state index in [0.717, 1.165) is 36.9 Å². The summed E-state index contributed by atoms with van der Waals surface area (Å²) in [5.41, 5.74) is 1.79.